The molecular formula is C18H26N2O4. The number of ether oxygens (including phenoxy) is 1. The number of benzene rings is 1. The van der Waals surface area contributed by atoms with Gasteiger partial charge in [0.15, 0.2) is 0 Å². The van der Waals surface area contributed by atoms with Gasteiger partial charge in [0, 0.05) is 24.7 Å². The number of methoxy groups -OCH3 is 1. The molecule has 1 fully saturated rings. The number of hydrogen-bond acceptors (Lipinski definition) is 5. The predicted molar refractivity (Wildman–Crippen MR) is 91.6 cm³/mol. The number of nitro benzene ring substituents is 1. The van der Waals surface area contributed by atoms with E-state index in [0.29, 0.717) is 5.56 Å². The average molecular weight is 334 g/mol. The van der Waals surface area contributed by atoms with Crippen LogP contribution < -0.4 is 0 Å². The molecule has 6 nitrogen and oxygen atoms in total. The molecule has 1 aromatic carbocycles. The van der Waals surface area contributed by atoms with Crippen molar-refractivity contribution in [3.05, 3.63) is 39.4 Å². The molecule has 1 aromatic rings. The van der Waals surface area contributed by atoms with Crippen molar-refractivity contribution in [1.29, 1.82) is 0 Å². The number of esters is 1. The van der Waals surface area contributed by atoms with Gasteiger partial charge in [-0.2, -0.15) is 0 Å². The Morgan fingerprint density at radius 1 is 1.50 bits per heavy atom. The van der Waals surface area contributed by atoms with Crippen molar-refractivity contribution < 1.29 is 14.5 Å². The summed E-state index contributed by atoms with van der Waals surface area (Å²) in [5.74, 6) is 0.136. The summed E-state index contributed by atoms with van der Waals surface area (Å²) in [4.78, 5) is 25.0. The fourth-order valence-electron chi connectivity index (χ4n) is 3.61. The fraction of sp³-hybridized carbons (Fsp3) is 0.611. The van der Waals surface area contributed by atoms with E-state index < -0.39 is 5.41 Å². The van der Waals surface area contributed by atoms with Crippen molar-refractivity contribution in [2.24, 2.45) is 11.3 Å². The zero-order valence-electron chi connectivity index (χ0n) is 14.9. The molecule has 132 valence electrons. The van der Waals surface area contributed by atoms with Gasteiger partial charge in [-0.15, -0.1) is 0 Å². The molecule has 0 radical (unpaired) electrons. The van der Waals surface area contributed by atoms with Gasteiger partial charge >= 0.3 is 5.97 Å². The molecule has 1 saturated heterocycles. The molecule has 2 atom stereocenters. The van der Waals surface area contributed by atoms with E-state index in [-0.39, 0.29) is 22.5 Å². The highest BCUT2D eigenvalue weighted by Gasteiger charge is 2.43. The average Bonchev–Trinajstić information content (AvgIpc) is 3.02. The normalized spacial score (nSPS) is 20.6. The molecule has 1 aliphatic heterocycles. The number of likely N-dealkylation sites (tertiary alicyclic amines) is 1. The van der Waals surface area contributed by atoms with Crippen molar-refractivity contribution in [3.63, 3.8) is 0 Å². The number of aryl methyl sites for hydroxylation is 1. The minimum atomic E-state index is -0.450. The Balaban J connectivity index is 2.05. The number of carbonyl (C=O) groups is 1. The first-order valence-electron chi connectivity index (χ1n) is 8.36. The third kappa shape index (κ3) is 3.59. The van der Waals surface area contributed by atoms with Gasteiger partial charge in [0.1, 0.15) is 0 Å². The van der Waals surface area contributed by atoms with Crippen LogP contribution in [0.1, 0.15) is 37.8 Å². The maximum Gasteiger partial charge on any atom is 0.311 e. The highest BCUT2D eigenvalue weighted by molar-refractivity contribution is 5.76. The van der Waals surface area contributed by atoms with Crippen LogP contribution in [-0.4, -0.2) is 36.0 Å². The second-order valence-electron chi connectivity index (χ2n) is 6.86. The molecule has 1 aliphatic rings. The lowest BCUT2D eigenvalue weighted by Crippen LogP contribution is -2.38. The summed E-state index contributed by atoms with van der Waals surface area (Å²) < 4.78 is 5.00. The van der Waals surface area contributed by atoms with Crippen molar-refractivity contribution >= 4 is 11.7 Å². The summed E-state index contributed by atoms with van der Waals surface area (Å²) in [6, 6.07) is 5.27. The molecular weight excluding hydrogens is 308 g/mol. The summed E-state index contributed by atoms with van der Waals surface area (Å²) in [6.45, 7) is 8.29. The Hall–Kier alpha value is -1.95. The van der Waals surface area contributed by atoms with Crippen molar-refractivity contribution in [3.8, 4) is 0 Å². The Bertz CT molecular complexity index is 631. The van der Waals surface area contributed by atoms with E-state index in [1.807, 2.05) is 26.0 Å². The van der Waals surface area contributed by atoms with E-state index >= 15 is 0 Å². The van der Waals surface area contributed by atoms with Gasteiger partial charge in [-0.05, 0) is 50.8 Å². The number of nitrogens with zero attached hydrogens (tertiary/aromatic N) is 2. The van der Waals surface area contributed by atoms with Crippen LogP contribution in [0.3, 0.4) is 0 Å². The first-order valence-corrected chi connectivity index (χ1v) is 8.36. The Morgan fingerprint density at radius 2 is 2.21 bits per heavy atom. The van der Waals surface area contributed by atoms with Crippen molar-refractivity contribution in [2.45, 2.75) is 40.2 Å². The zero-order valence-corrected chi connectivity index (χ0v) is 14.9. The van der Waals surface area contributed by atoms with Gasteiger partial charge in [-0.25, -0.2) is 0 Å². The molecule has 6 heteroatoms. The SMILES string of the molecule is CCC(C)(C(=O)OC)C1CCN(Cc2ccc([N+](=O)[O-])c(C)c2)C1. The van der Waals surface area contributed by atoms with Crippen molar-refractivity contribution in [2.75, 3.05) is 20.2 Å². The van der Waals surface area contributed by atoms with Gasteiger partial charge in [0.25, 0.3) is 5.69 Å². The highest BCUT2D eigenvalue weighted by atomic mass is 16.6. The Labute approximate surface area is 142 Å². The number of hydrogen-bond donors (Lipinski definition) is 0. The Kier molecular flexibility index (Phi) is 5.59. The fourth-order valence-corrected chi connectivity index (χ4v) is 3.61. The van der Waals surface area contributed by atoms with Crippen LogP contribution in [0.4, 0.5) is 5.69 Å². The maximum absolute atomic E-state index is 12.2. The maximum atomic E-state index is 12.2. The lowest BCUT2D eigenvalue weighted by molar-refractivity contribution is -0.385. The molecule has 0 aliphatic carbocycles. The van der Waals surface area contributed by atoms with E-state index in [4.69, 9.17) is 4.74 Å². The first kappa shape index (κ1) is 18.4. The molecule has 0 saturated carbocycles. The molecule has 2 unspecified atom stereocenters. The third-order valence-electron chi connectivity index (χ3n) is 5.42. The second kappa shape index (κ2) is 7.30. The van der Waals surface area contributed by atoms with Crippen molar-refractivity contribution in [1.82, 2.24) is 4.90 Å². The molecule has 24 heavy (non-hydrogen) atoms. The quantitative estimate of drug-likeness (QED) is 0.453. The van der Waals surface area contributed by atoms with Gasteiger partial charge in [0.2, 0.25) is 0 Å². The molecule has 0 amide bonds. The van der Waals surface area contributed by atoms with Crippen LogP contribution in [0.15, 0.2) is 18.2 Å². The molecule has 1 heterocycles. The van der Waals surface area contributed by atoms with E-state index in [1.165, 1.54) is 7.11 Å². The molecule has 0 N–H and O–H groups in total. The monoisotopic (exact) mass is 334 g/mol. The lowest BCUT2D eigenvalue weighted by Gasteiger charge is -2.31. The van der Waals surface area contributed by atoms with Gasteiger partial charge in [0.05, 0.1) is 17.4 Å². The minimum Gasteiger partial charge on any atom is -0.469 e. The molecule has 2 rings (SSSR count). The number of rotatable bonds is 6. The molecule has 0 spiro atoms. The predicted octanol–water partition coefficient (Wildman–Crippen LogP) is 3.31. The number of nitro groups is 1. The van der Waals surface area contributed by atoms with E-state index in [1.54, 1.807) is 13.0 Å². The van der Waals surface area contributed by atoms with Crippen LogP contribution in [0, 0.1) is 28.4 Å². The molecule has 0 aromatic heterocycles. The highest BCUT2D eigenvalue weighted by Crippen LogP contribution is 2.39. The summed E-state index contributed by atoms with van der Waals surface area (Å²) >= 11 is 0. The second-order valence-corrected chi connectivity index (χ2v) is 6.86. The standard InChI is InChI=1S/C18H26N2O4/c1-5-18(3,17(21)24-4)15-8-9-19(12-15)11-14-6-7-16(20(22)23)13(2)10-14/h6-7,10,15H,5,8-9,11-12H2,1-4H3. The first-order chi connectivity index (χ1) is 11.3. The zero-order chi connectivity index (χ0) is 17.9. The smallest absolute Gasteiger partial charge is 0.311 e. The van der Waals surface area contributed by atoms with Gasteiger partial charge in [-0.3, -0.25) is 19.8 Å². The van der Waals surface area contributed by atoms with Gasteiger partial charge in [-0.1, -0.05) is 13.0 Å². The van der Waals surface area contributed by atoms with Crippen LogP contribution in [-0.2, 0) is 16.1 Å². The lowest BCUT2D eigenvalue weighted by atomic mass is 9.74. The van der Waals surface area contributed by atoms with Crippen LogP contribution in [0.25, 0.3) is 0 Å². The molecule has 0 bridgehead atoms. The topological polar surface area (TPSA) is 72.7 Å². The summed E-state index contributed by atoms with van der Waals surface area (Å²) in [7, 11) is 1.45. The Morgan fingerprint density at radius 3 is 2.75 bits per heavy atom. The van der Waals surface area contributed by atoms with E-state index in [0.717, 1.165) is 38.0 Å². The van der Waals surface area contributed by atoms with E-state index in [2.05, 4.69) is 4.90 Å². The van der Waals surface area contributed by atoms with Crippen LogP contribution >= 0.6 is 0 Å². The van der Waals surface area contributed by atoms with Crippen LogP contribution in [0.2, 0.25) is 0 Å². The summed E-state index contributed by atoms with van der Waals surface area (Å²) in [6.07, 6.45) is 1.72. The third-order valence-corrected chi connectivity index (χ3v) is 5.42. The minimum absolute atomic E-state index is 0.136. The summed E-state index contributed by atoms with van der Waals surface area (Å²) in [5, 5.41) is 10.9. The van der Waals surface area contributed by atoms with E-state index in [9.17, 15) is 14.9 Å². The van der Waals surface area contributed by atoms with Gasteiger partial charge < -0.3 is 4.74 Å². The summed E-state index contributed by atoms with van der Waals surface area (Å²) in [5.41, 5.74) is 1.45. The van der Waals surface area contributed by atoms with Crippen LogP contribution in [0.5, 0.6) is 0 Å². The largest absolute Gasteiger partial charge is 0.469 e. The number of carbonyl (C=O) groups excluding carboxylic acids is 1.